The first-order valence-corrected chi connectivity index (χ1v) is 5.27. The fourth-order valence-electron chi connectivity index (χ4n) is 1.82. The average molecular weight is 275 g/mol. The minimum absolute atomic E-state index is 0. The Bertz CT molecular complexity index is 268. The van der Waals surface area contributed by atoms with Crippen molar-refractivity contribution in [1.29, 1.82) is 0 Å². The fraction of sp³-hybridized carbons (Fsp3) is 0.900. The van der Waals surface area contributed by atoms with E-state index in [2.05, 4.69) is 0 Å². The largest absolute Gasteiger partial charge is 0.391 e. The number of hydrogen-bond donors (Lipinski definition) is 1. The third kappa shape index (κ3) is 4.35. The molecule has 17 heavy (non-hydrogen) atoms. The van der Waals surface area contributed by atoms with Crippen LogP contribution in [0.2, 0.25) is 0 Å². The Balaban J connectivity index is 0.00000256. The predicted molar refractivity (Wildman–Crippen MR) is 60.9 cm³/mol. The minimum Gasteiger partial charge on any atom is -0.341 e. The van der Waals surface area contributed by atoms with E-state index >= 15 is 0 Å². The van der Waals surface area contributed by atoms with Crippen molar-refractivity contribution in [2.75, 3.05) is 13.1 Å². The third-order valence-corrected chi connectivity index (χ3v) is 2.80. The van der Waals surface area contributed by atoms with Crippen molar-refractivity contribution in [2.24, 2.45) is 11.7 Å². The number of halogens is 4. The summed E-state index contributed by atoms with van der Waals surface area (Å²) in [5, 5.41) is 0. The number of carbonyl (C=O) groups excluding carboxylic acids is 1. The molecule has 0 aliphatic carbocycles. The molecule has 1 aliphatic heterocycles. The first kappa shape index (κ1) is 16.5. The normalized spacial score (nSPS) is 18.8. The molecule has 0 radical (unpaired) electrons. The molecular formula is C10H18ClF3N2O. The molecule has 0 bridgehead atoms. The maximum absolute atomic E-state index is 12.4. The van der Waals surface area contributed by atoms with Crippen LogP contribution in [0.3, 0.4) is 0 Å². The van der Waals surface area contributed by atoms with E-state index in [1.54, 1.807) is 13.8 Å². The van der Waals surface area contributed by atoms with Crippen LogP contribution in [0.15, 0.2) is 0 Å². The lowest BCUT2D eigenvalue weighted by molar-refractivity contribution is -0.187. The number of likely N-dealkylation sites (tertiary alicyclic amines) is 1. The number of alkyl halides is 3. The Hall–Kier alpha value is -0.490. The van der Waals surface area contributed by atoms with E-state index < -0.39 is 17.6 Å². The first-order chi connectivity index (χ1) is 7.12. The molecule has 3 nitrogen and oxygen atoms in total. The molecular weight excluding hydrogens is 257 g/mol. The Labute approximate surface area is 105 Å². The van der Waals surface area contributed by atoms with E-state index in [-0.39, 0.29) is 44.2 Å². The van der Waals surface area contributed by atoms with Gasteiger partial charge in [-0.3, -0.25) is 4.79 Å². The summed E-state index contributed by atoms with van der Waals surface area (Å²) in [5.41, 5.74) is 4.61. The molecule has 2 N–H and O–H groups in total. The van der Waals surface area contributed by atoms with Crippen LogP contribution in [-0.2, 0) is 4.79 Å². The Morgan fingerprint density at radius 3 is 1.94 bits per heavy atom. The Kier molecular flexibility index (Phi) is 5.28. The molecule has 0 spiro atoms. The lowest BCUT2D eigenvalue weighted by atomic mass is 9.94. The van der Waals surface area contributed by atoms with E-state index in [9.17, 15) is 18.0 Å². The van der Waals surface area contributed by atoms with Gasteiger partial charge in [-0.2, -0.15) is 13.2 Å². The highest BCUT2D eigenvalue weighted by atomic mass is 35.5. The average Bonchev–Trinajstić information content (AvgIpc) is 2.14. The molecule has 1 amide bonds. The van der Waals surface area contributed by atoms with Crippen molar-refractivity contribution in [1.82, 2.24) is 4.90 Å². The third-order valence-electron chi connectivity index (χ3n) is 2.80. The van der Waals surface area contributed by atoms with Crippen molar-refractivity contribution >= 4 is 18.3 Å². The zero-order valence-electron chi connectivity index (χ0n) is 9.88. The molecule has 0 unspecified atom stereocenters. The molecule has 102 valence electrons. The van der Waals surface area contributed by atoms with Crippen LogP contribution in [0.4, 0.5) is 13.2 Å². The van der Waals surface area contributed by atoms with Gasteiger partial charge in [-0.25, -0.2) is 0 Å². The van der Waals surface area contributed by atoms with Gasteiger partial charge in [0, 0.05) is 13.1 Å². The monoisotopic (exact) mass is 274 g/mol. The first-order valence-electron chi connectivity index (χ1n) is 5.27. The molecule has 1 aliphatic rings. The van der Waals surface area contributed by atoms with E-state index in [1.807, 2.05) is 0 Å². The second kappa shape index (κ2) is 5.44. The van der Waals surface area contributed by atoms with E-state index in [0.29, 0.717) is 0 Å². The van der Waals surface area contributed by atoms with Gasteiger partial charge < -0.3 is 10.6 Å². The van der Waals surface area contributed by atoms with Gasteiger partial charge in [-0.05, 0) is 26.7 Å². The highest BCUT2D eigenvalue weighted by molar-refractivity contribution is 5.85. The maximum Gasteiger partial charge on any atom is 0.391 e. The van der Waals surface area contributed by atoms with Gasteiger partial charge in [0.15, 0.2) is 0 Å². The van der Waals surface area contributed by atoms with Gasteiger partial charge in [0.25, 0.3) is 0 Å². The van der Waals surface area contributed by atoms with Crippen molar-refractivity contribution in [3.05, 3.63) is 0 Å². The number of rotatable bonds is 1. The van der Waals surface area contributed by atoms with Gasteiger partial charge >= 0.3 is 6.18 Å². The van der Waals surface area contributed by atoms with Crippen LogP contribution in [0.25, 0.3) is 0 Å². The summed E-state index contributed by atoms with van der Waals surface area (Å²) >= 11 is 0. The molecule has 7 heteroatoms. The zero-order valence-corrected chi connectivity index (χ0v) is 10.7. The van der Waals surface area contributed by atoms with Gasteiger partial charge in [-0.1, -0.05) is 0 Å². The number of nitrogens with two attached hydrogens (primary N) is 1. The Morgan fingerprint density at radius 2 is 1.65 bits per heavy atom. The standard InChI is InChI=1S/C10H17F3N2O.ClH/c1-9(2,14)8(16)15-5-3-7(4-6-15)10(11,12)13;/h7H,3-6,14H2,1-2H3;1H. The molecule has 1 fully saturated rings. The summed E-state index contributed by atoms with van der Waals surface area (Å²) in [6.07, 6.45) is -4.19. The zero-order chi connectivity index (χ0) is 12.6. The van der Waals surface area contributed by atoms with E-state index in [1.165, 1.54) is 4.90 Å². The second-order valence-corrected chi connectivity index (χ2v) is 4.83. The highest BCUT2D eigenvalue weighted by Gasteiger charge is 2.42. The van der Waals surface area contributed by atoms with Crippen molar-refractivity contribution in [2.45, 2.75) is 38.4 Å². The van der Waals surface area contributed by atoms with Gasteiger partial charge in [0.1, 0.15) is 0 Å². The van der Waals surface area contributed by atoms with Crippen molar-refractivity contribution in [3.8, 4) is 0 Å². The van der Waals surface area contributed by atoms with Crippen LogP contribution in [0.5, 0.6) is 0 Å². The fourth-order valence-corrected chi connectivity index (χ4v) is 1.82. The second-order valence-electron chi connectivity index (χ2n) is 4.83. The predicted octanol–water partition coefficient (Wildman–Crippen LogP) is 1.95. The number of hydrogen-bond acceptors (Lipinski definition) is 2. The summed E-state index contributed by atoms with van der Waals surface area (Å²) in [6, 6.07) is 0. The van der Waals surface area contributed by atoms with Gasteiger partial charge in [0.05, 0.1) is 11.5 Å². The lowest BCUT2D eigenvalue weighted by Gasteiger charge is -2.36. The van der Waals surface area contributed by atoms with Crippen molar-refractivity contribution in [3.63, 3.8) is 0 Å². The molecule has 0 aromatic heterocycles. The summed E-state index contributed by atoms with van der Waals surface area (Å²) in [6.45, 7) is 3.41. The van der Waals surface area contributed by atoms with E-state index in [4.69, 9.17) is 5.73 Å². The van der Waals surface area contributed by atoms with Crippen LogP contribution in [-0.4, -0.2) is 35.6 Å². The molecule has 0 atom stereocenters. The van der Waals surface area contributed by atoms with Gasteiger partial charge in [-0.15, -0.1) is 12.4 Å². The van der Waals surface area contributed by atoms with Crippen molar-refractivity contribution < 1.29 is 18.0 Å². The highest BCUT2D eigenvalue weighted by Crippen LogP contribution is 2.34. The van der Waals surface area contributed by atoms with Crippen LogP contribution in [0, 0.1) is 5.92 Å². The summed E-state index contributed by atoms with van der Waals surface area (Å²) in [7, 11) is 0. The molecule has 0 saturated carbocycles. The summed E-state index contributed by atoms with van der Waals surface area (Å²) < 4.78 is 37.1. The van der Waals surface area contributed by atoms with Gasteiger partial charge in [0.2, 0.25) is 5.91 Å². The number of piperidine rings is 1. The smallest absolute Gasteiger partial charge is 0.341 e. The quantitative estimate of drug-likeness (QED) is 0.794. The number of amides is 1. The summed E-state index contributed by atoms with van der Waals surface area (Å²) in [5.74, 6) is -1.56. The SMILES string of the molecule is CC(C)(N)C(=O)N1CCC(C(F)(F)F)CC1.Cl. The molecule has 0 aromatic rings. The molecule has 1 rings (SSSR count). The Morgan fingerprint density at radius 1 is 1.24 bits per heavy atom. The lowest BCUT2D eigenvalue weighted by Crippen LogP contribution is -2.53. The number of nitrogens with zero attached hydrogens (tertiary/aromatic N) is 1. The minimum atomic E-state index is -4.15. The maximum atomic E-state index is 12.4. The molecule has 1 heterocycles. The topological polar surface area (TPSA) is 46.3 Å². The molecule has 1 saturated heterocycles. The van der Waals surface area contributed by atoms with Crippen LogP contribution < -0.4 is 5.73 Å². The summed E-state index contributed by atoms with van der Waals surface area (Å²) in [4.78, 5) is 13.1. The molecule has 0 aromatic carbocycles. The number of carbonyl (C=O) groups is 1. The van der Waals surface area contributed by atoms with Crippen LogP contribution in [0.1, 0.15) is 26.7 Å². The van der Waals surface area contributed by atoms with Crippen LogP contribution >= 0.6 is 12.4 Å². The van der Waals surface area contributed by atoms with E-state index in [0.717, 1.165) is 0 Å².